The summed E-state index contributed by atoms with van der Waals surface area (Å²) in [6, 6.07) is -2.20. The molecule has 0 unspecified atom stereocenters. The predicted octanol–water partition coefficient (Wildman–Crippen LogP) is -3.81. The van der Waals surface area contributed by atoms with Gasteiger partial charge in [0.05, 0.1) is 25.3 Å². The number of benzene rings is 2. The average molecular weight is 1270 g/mol. The summed E-state index contributed by atoms with van der Waals surface area (Å²) in [4.78, 5) is 194. The van der Waals surface area contributed by atoms with E-state index in [1.807, 2.05) is 0 Å². The first kappa shape index (κ1) is 72.3. The molecule has 0 bridgehead atoms. The SMILES string of the molecule is CSCC[C@@H]1NC(=O)CNC(=O)[C@H](C(C)C)NC(=O)[C@H](CC(N)=O)NC(=O)[C@H](CCC(=O)O)NC(=O)[C@H](Cc2ccc(OP(=O)(O)O)cc2)NC(=O)[C@H](CC(C)C)NC(=O)CNC(=O)CSC[C@@H](C(N)=O)NC(=O)[C@H](Cc2ccc(O)cc2)NC1=O. The number of phosphoric acid groups is 1. The lowest BCUT2D eigenvalue weighted by molar-refractivity contribution is -0.139. The molecule has 0 aromatic heterocycles. The number of aromatic hydroxyl groups is 1. The van der Waals surface area contributed by atoms with E-state index in [9.17, 15) is 86.9 Å². The van der Waals surface area contributed by atoms with Gasteiger partial charge in [-0.1, -0.05) is 52.0 Å². The van der Waals surface area contributed by atoms with E-state index in [2.05, 4.69) is 57.7 Å². The summed E-state index contributed by atoms with van der Waals surface area (Å²) in [6.45, 7) is 4.89. The lowest BCUT2D eigenvalue weighted by atomic mass is 10.0. The van der Waals surface area contributed by atoms with Gasteiger partial charge in [-0.2, -0.15) is 11.8 Å². The molecule has 3 rings (SSSR count). The number of hydrogen-bond donors (Lipinski definition) is 16. The van der Waals surface area contributed by atoms with Gasteiger partial charge in [0.1, 0.15) is 59.8 Å². The molecule has 1 aliphatic rings. The van der Waals surface area contributed by atoms with E-state index in [0.29, 0.717) is 11.3 Å². The molecule has 86 heavy (non-hydrogen) atoms. The maximum Gasteiger partial charge on any atom is 0.524 e. The minimum absolute atomic E-state index is 0.00642. The Morgan fingerprint density at radius 1 is 0.628 bits per heavy atom. The number of aliphatic carboxylic acids is 1. The molecular formula is C52H75N12O19PS2. The van der Waals surface area contributed by atoms with E-state index in [1.165, 1.54) is 62.0 Å². The number of phenols is 1. The number of phosphoric ester groups is 1. The van der Waals surface area contributed by atoms with Gasteiger partial charge >= 0.3 is 13.8 Å². The number of carbonyl (C=O) groups excluding carboxylic acids is 12. The highest BCUT2D eigenvalue weighted by Gasteiger charge is 2.36. The molecule has 1 saturated heterocycles. The monoisotopic (exact) mass is 1270 g/mol. The van der Waals surface area contributed by atoms with Crippen LogP contribution in [0.2, 0.25) is 0 Å². The smallest absolute Gasteiger partial charge is 0.508 e. The van der Waals surface area contributed by atoms with E-state index < -0.39 is 183 Å². The second-order valence-electron chi connectivity index (χ2n) is 20.5. The minimum atomic E-state index is -5.02. The zero-order valence-electron chi connectivity index (χ0n) is 47.7. The van der Waals surface area contributed by atoms with Gasteiger partial charge in [0.15, 0.2) is 0 Å². The Kier molecular flexibility index (Phi) is 29.8. The number of hydrogen-bond acceptors (Lipinski definition) is 18. The van der Waals surface area contributed by atoms with Crippen molar-refractivity contribution in [3.63, 3.8) is 0 Å². The normalized spacial score (nSPS) is 22.9. The minimum Gasteiger partial charge on any atom is -0.508 e. The third-order valence-electron chi connectivity index (χ3n) is 12.5. The number of primary amides is 2. The van der Waals surface area contributed by atoms with E-state index in [0.717, 1.165) is 23.9 Å². The van der Waals surface area contributed by atoms with Crippen LogP contribution >= 0.6 is 31.3 Å². The van der Waals surface area contributed by atoms with Crippen LogP contribution in [0.25, 0.3) is 0 Å². The lowest BCUT2D eigenvalue weighted by Gasteiger charge is -2.28. The number of nitrogens with two attached hydrogens (primary N) is 2. The molecule has 1 fully saturated rings. The van der Waals surface area contributed by atoms with Crippen LogP contribution in [-0.2, 0) is 79.7 Å². The first-order valence-corrected chi connectivity index (χ1v) is 30.9. The summed E-state index contributed by atoms with van der Waals surface area (Å²) in [5.41, 5.74) is 11.8. The zero-order valence-corrected chi connectivity index (χ0v) is 50.2. The van der Waals surface area contributed by atoms with E-state index >= 15 is 0 Å². The number of carbonyl (C=O) groups is 13. The number of carboxylic acids is 1. The van der Waals surface area contributed by atoms with Crippen LogP contribution in [-0.4, -0.2) is 182 Å². The van der Waals surface area contributed by atoms with Gasteiger partial charge in [-0.3, -0.25) is 72.1 Å². The number of phenolic OH excluding ortho intramolecular Hbond substituents is 1. The van der Waals surface area contributed by atoms with Crippen LogP contribution in [0, 0.1) is 11.8 Å². The number of nitrogens with one attached hydrogen (secondary N) is 10. The summed E-state index contributed by atoms with van der Waals surface area (Å²) < 4.78 is 16.1. The third kappa shape index (κ3) is 26.9. The first-order chi connectivity index (χ1) is 40.3. The van der Waals surface area contributed by atoms with E-state index in [-0.39, 0.29) is 48.0 Å². The highest BCUT2D eigenvalue weighted by atomic mass is 32.2. The molecular weight excluding hydrogens is 1190 g/mol. The van der Waals surface area contributed by atoms with Crippen molar-refractivity contribution in [3.8, 4) is 11.5 Å². The molecule has 0 saturated carbocycles. The third-order valence-corrected chi connectivity index (χ3v) is 14.6. The Hall–Kier alpha value is -8.00. The molecule has 0 aliphatic carbocycles. The molecule has 34 heteroatoms. The second-order valence-corrected chi connectivity index (χ2v) is 23.7. The van der Waals surface area contributed by atoms with Crippen molar-refractivity contribution in [3.05, 3.63) is 59.7 Å². The van der Waals surface area contributed by atoms with E-state index in [4.69, 9.17) is 11.5 Å². The predicted molar refractivity (Wildman–Crippen MR) is 311 cm³/mol. The van der Waals surface area contributed by atoms with Crippen molar-refractivity contribution in [1.29, 1.82) is 0 Å². The Labute approximate surface area is 502 Å². The van der Waals surface area contributed by atoms with Crippen molar-refractivity contribution >= 4 is 108 Å². The number of thioether (sulfide) groups is 2. The van der Waals surface area contributed by atoms with Crippen LogP contribution in [0.15, 0.2) is 48.5 Å². The van der Waals surface area contributed by atoms with Gasteiger partial charge in [-0.15, -0.1) is 11.8 Å². The fraction of sp³-hybridized carbons (Fsp3) is 0.519. The maximum absolute atomic E-state index is 14.4. The van der Waals surface area contributed by atoms with E-state index in [1.54, 1.807) is 20.1 Å². The first-order valence-electron chi connectivity index (χ1n) is 26.8. The molecule has 12 amide bonds. The fourth-order valence-corrected chi connectivity index (χ4v) is 9.87. The summed E-state index contributed by atoms with van der Waals surface area (Å²) >= 11 is 2.13. The fourth-order valence-electron chi connectivity index (χ4n) is 8.11. The maximum atomic E-state index is 14.4. The summed E-state index contributed by atoms with van der Waals surface area (Å²) in [5.74, 6) is -15.4. The molecule has 0 radical (unpaired) electrons. The molecule has 1 aliphatic heterocycles. The van der Waals surface area contributed by atoms with Gasteiger partial charge < -0.3 is 79.4 Å². The van der Waals surface area contributed by atoms with Crippen molar-refractivity contribution in [2.45, 2.75) is 121 Å². The highest BCUT2D eigenvalue weighted by molar-refractivity contribution is 8.00. The molecule has 0 spiro atoms. The second kappa shape index (κ2) is 35.5. The van der Waals surface area contributed by atoms with Crippen molar-refractivity contribution in [1.82, 2.24) is 53.2 Å². The van der Waals surface area contributed by atoms with Crippen molar-refractivity contribution in [2.24, 2.45) is 23.3 Å². The molecule has 31 nitrogen and oxygen atoms in total. The van der Waals surface area contributed by atoms with Crippen LogP contribution in [0.1, 0.15) is 70.9 Å². The average Bonchev–Trinajstić information content (AvgIpc) is 3.49. The quantitative estimate of drug-likeness (QED) is 0.0636. The van der Waals surface area contributed by atoms with Gasteiger partial charge in [0, 0.05) is 25.0 Å². The van der Waals surface area contributed by atoms with Crippen LogP contribution in [0.3, 0.4) is 0 Å². The van der Waals surface area contributed by atoms with Gasteiger partial charge in [0.2, 0.25) is 70.9 Å². The number of carboxylic acid groups (broad SMARTS) is 1. The Morgan fingerprint density at radius 2 is 1.10 bits per heavy atom. The summed E-state index contributed by atoms with van der Waals surface area (Å²) in [5, 5.41) is 43.9. The molecule has 18 N–H and O–H groups in total. The van der Waals surface area contributed by atoms with Crippen LogP contribution < -0.4 is 69.2 Å². The Bertz CT molecular complexity index is 2810. The molecule has 2 aromatic carbocycles. The number of amides is 12. The van der Waals surface area contributed by atoms with Crippen LogP contribution in [0.4, 0.5) is 0 Å². The molecule has 2 aromatic rings. The molecule has 8 atom stereocenters. The standard InChI is InChI=1S/C52H75N12O19PS2/c1-26(2)18-34-48(75)61-35(20-29-8-12-31(13-9-29)83-84(80,81)82)49(76)59-32(14-15-43(70)71)46(73)62-37(21-39(53)66)51(78)64-44(27(3)4)52(79)56-23-41(68)57-33(16-17-85-5)47(74)60-36(19-28-6-10-30(65)11-7-28)50(77)63-38(45(54)72)24-86-25-42(69)55-22-40(67)58-34/h6-13,26-27,32-38,44,65H,14-25H2,1-5H3,(H2,53,66)(H2,54,72)(H,55,69)(H,56,79)(H,57,68)(H,58,67)(H,59,76)(H,60,74)(H,61,75)(H,62,73)(H,63,77)(H,64,78)(H,70,71)(H2,80,81,82)/t32-,33-,34-,35-,36-,37-,38-,44-/m0/s1. The molecule has 1 heterocycles. The summed E-state index contributed by atoms with van der Waals surface area (Å²) in [6.07, 6.45) is -1.37. The lowest BCUT2D eigenvalue weighted by Crippen LogP contribution is -2.60. The van der Waals surface area contributed by atoms with Gasteiger partial charge in [-0.25, -0.2) is 4.57 Å². The number of rotatable bonds is 18. The van der Waals surface area contributed by atoms with Crippen LogP contribution in [0.5, 0.6) is 11.5 Å². The Balaban J connectivity index is 2.12. The highest BCUT2D eigenvalue weighted by Crippen LogP contribution is 2.37. The topological polar surface area (TPSA) is 501 Å². The largest absolute Gasteiger partial charge is 0.524 e. The zero-order chi connectivity index (χ0) is 64.4. The summed E-state index contributed by atoms with van der Waals surface area (Å²) in [7, 11) is -5.02. The van der Waals surface area contributed by atoms with Gasteiger partial charge in [0.25, 0.3) is 0 Å². The van der Waals surface area contributed by atoms with Crippen molar-refractivity contribution < 1.29 is 91.4 Å². The van der Waals surface area contributed by atoms with Crippen molar-refractivity contribution in [2.75, 3.05) is 36.6 Å². The van der Waals surface area contributed by atoms with Gasteiger partial charge in [-0.05, 0) is 78.5 Å². The molecule has 474 valence electrons. The Morgan fingerprint density at radius 3 is 1.62 bits per heavy atom.